The Balaban J connectivity index is 0.000000450. The van der Waals surface area contributed by atoms with Crippen molar-refractivity contribution in [3.8, 4) is 5.75 Å². The van der Waals surface area contributed by atoms with Crippen LogP contribution < -0.4 is 10.1 Å². The third kappa shape index (κ3) is 8.19. The van der Waals surface area contributed by atoms with E-state index in [2.05, 4.69) is 23.5 Å². The van der Waals surface area contributed by atoms with E-state index in [4.69, 9.17) is 36.1 Å². The van der Waals surface area contributed by atoms with E-state index < -0.39 is 11.9 Å². The highest BCUT2D eigenvalue weighted by atomic mass is 35.5. The Morgan fingerprint density at radius 1 is 1.04 bits per heavy atom. The highest BCUT2D eigenvalue weighted by Gasteiger charge is 2.04. The van der Waals surface area contributed by atoms with Gasteiger partial charge in [0.25, 0.3) is 0 Å². The van der Waals surface area contributed by atoms with Gasteiger partial charge in [-0.05, 0) is 36.7 Å². The fourth-order valence-electron chi connectivity index (χ4n) is 1.96. The van der Waals surface area contributed by atoms with E-state index in [0.29, 0.717) is 0 Å². The van der Waals surface area contributed by atoms with Crippen molar-refractivity contribution in [1.82, 2.24) is 5.32 Å². The minimum absolute atomic E-state index is 0.783. The van der Waals surface area contributed by atoms with Crippen LogP contribution >= 0.6 is 11.6 Å². The number of aliphatic carboxylic acids is 2. The fraction of sp³-hybridized carbons (Fsp3) is 0.222. The molecule has 0 radical (unpaired) electrons. The molecule has 2 rings (SSSR count). The molecule has 25 heavy (non-hydrogen) atoms. The van der Waals surface area contributed by atoms with Crippen LogP contribution in [0.1, 0.15) is 11.1 Å². The Morgan fingerprint density at radius 2 is 1.64 bits per heavy atom. The van der Waals surface area contributed by atoms with E-state index in [1.54, 1.807) is 7.11 Å². The van der Waals surface area contributed by atoms with Gasteiger partial charge in [-0.15, -0.1) is 0 Å². The van der Waals surface area contributed by atoms with E-state index in [0.717, 1.165) is 30.3 Å². The Labute approximate surface area is 151 Å². The molecule has 7 heteroatoms. The predicted octanol–water partition coefficient (Wildman–Crippen LogP) is 2.84. The van der Waals surface area contributed by atoms with E-state index in [1.165, 1.54) is 11.1 Å². The van der Waals surface area contributed by atoms with Gasteiger partial charge in [-0.1, -0.05) is 41.9 Å². The molecule has 0 bridgehead atoms. The van der Waals surface area contributed by atoms with Gasteiger partial charge < -0.3 is 20.3 Å². The molecule has 134 valence electrons. The van der Waals surface area contributed by atoms with Crippen molar-refractivity contribution < 1.29 is 24.5 Å². The highest BCUT2D eigenvalue weighted by molar-refractivity contribution is 6.30. The molecule has 0 saturated carbocycles. The third-order valence-electron chi connectivity index (χ3n) is 3.19. The van der Waals surface area contributed by atoms with E-state index in [1.807, 2.05) is 30.3 Å². The van der Waals surface area contributed by atoms with Crippen LogP contribution in [0.3, 0.4) is 0 Å². The van der Waals surface area contributed by atoms with Crippen molar-refractivity contribution in [3.05, 3.63) is 64.7 Å². The molecule has 0 saturated heterocycles. The summed E-state index contributed by atoms with van der Waals surface area (Å²) >= 11 is 5.86. The molecule has 2 aromatic rings. The first-order chi connectivity index (χ1) is 11.9. The molecule has 0 atom stereocenters. The van der Waals surface area contributed by atoms with E-state index in [-0.39, 0.29) is 0 Å². The van der Waals surface area contributed by atoms with Gasteiger partial charge in [0.15, 0.2) is 0 Å². The zero-order chi connectivity index (χ0) is 18.7. The molecule has 0 aliphatic rings. The summed E-state index contributed by atoms with van der Waals surface area (Å²) in [7, 11) is 1.70. The molecule has 0 heterocycles. The summed E-state index contributed by atoms with van der Waals surface area (Å²) in [6.07, 6.45) is 0.992. The minimum atomic E-state index is -1.82. The number of nitrogens with one attached hydrogen (secondary N) is 1. The molecule has 0 spiro atoms. The molecule has 0 aliphatic carbocycles. The molecule has 0 fully saturated rings. The van der Waals surface area contributed by atoms with Crippen LogP contribution in [0.15, 0.2) is 48.5 Å². The number of rotatable bonds is 6. The molecule has 0 unspecified atom stereocenters. The number of carbonyl (C=O) groups is 2. The third-order valence-corrected chi connectivity index (χ3v) is 3.45. The lowest BCUT2D eigenvalue weighted by atomic mass is 10.1. The minimum Gasteiger partial charge on any atom is -0.496 e. The number of ether oxygens (including phenoxy) is 1. The second-order valence-corrected chi connectivity index (χ2v) is 5.41. The monoisotopic (exact) mass is 365 g/mol. The molecule has 0 aliphatic heterocycles. The topological polar surface area (TPSA) is 95.9 Å². The van der Waals surface area contributed by atoms with Crippen LogP contribution in [0, 0.1) is 0 Å². The van der Waals surface area contributed by atoms with Crippen LogP contribution in [0.2, 0.25) is 5.02 Å². The van der Waals surface area contributed by atoms with Gasteiger partial charge in [-0.25, -0.2) is 9.59 Å². The first-order valence-corrected chi connectivity index (χ1v) is 7.85. The maximum absolute atomic E-state index is 9.10. The molecule has 0 aromatic heterocycles. The first-order valence-electron chi connectivity index (χ1n) is 7.47. The van der Waals surface area contributed by atoms with Gasteiger partial charge >= 0.3 is 11.9 Å². The van der Waals surface area contributed by atoms with Crippen LogP contribution in [0.5, 0.6) is 5.75 Å². The number of para-hydroxylation sites is 1. The molecular weight excluding hydrogens is 346 g/mol. The second kappa shape index (κ2) is 11.1. The average Bonchev–Trinajstić information content (AvgIpc) is 2.61. The summed E-state index contributed by atoms with van der Waals surface area (Å²) < 4.78 is 5.32. The van der Waals surface area contributed by atoms with E-state index >= 15 is 0 Å². The lowest BCUT2D eigenvalue weighted by Gasteiger charge is -2.09. The quantitative estimate of drug-likeness (QED) is 0.538. The fourth-order valence-corrected chi connectivity index (χ4v) is 2.08. The molecule has 2 aromatic carbocycles. The Hall–Kier alpha value is -2.57. The van der Waals surface area contributed by atoms with Crippen molar-refractivity contribution in [3.63, 3.8) is 0 Å². The maximum atomic E-state index is 9.10. The van der Waals surface area contributed by atoms with Crippen molar-refractivity contribution in [2.45, 2.75) is 13.0 Å². The average molecular weight is 366 g/mol. The number of methoxy groups -OCH3 is 1. The Morgan fingerprint density at radius 3 is 2.20 bits per heavy atom. The Kier molecular flexibility index (Phi) is 9.06. The van der Waals surface area contributed by atoms with Crippen LogP contribution in [0.4, 0.5) is 0 Å². The van der Waals surface area contributed by atoms with E-state index in [9.17, 15) is 0 Å². The van der Waals surface area contributed by atoms with Crippen LogP contribution in [-0.2, 0) is 22.6 Å². The van der Waals surface area contributed by atoms with Gasteiger partial charge in [-0.3, -0.25) is 0 Å². The molecule has 0 amide bonds. The normalized spacial score (nSPS) is 9.68. The standard InChI is InChI=1S/C16H18ClNO.C2H2O4/c1-19-16-5-3-2-4-14(16)12-18-11-10-13-6-8-15(17)9-7-13;3-1(4)2(5)6/h2-9,18H,10-12H2,1H3;(H,3,4)(H,5,6). The lowest BCUT2D eigenvalue weighted by Crippen LogP contribution is -2.17. The molecular formula is C18H20ClNO5. The number of hydrogen-bond donors (Lipinski definition) is 3. The Bertz CT molecular complexity index is 676. The van der Waals surface area contributed by atoms with Crippen molar-refractivity contribution >= 4 is 23.5 Å². The zero-order valence-electron chi connectivity index (χ0n) is 13.7. The number of halogens is 1. The van der Waals surface area contributed by atoms with Crippen LogP contribution in [-0.4, -0.2) is 35.8 Å². The summed E-state index contributed by atoms with van der Waals surface area (Å²) in [4.78, 5) is 18.2. The summed E-state index contributed by atoms with van der Waals surface area (Å²) in [5.74, 6) is -2.72. The maximum Gasteiger partial charge on any atom is 0.414 e. The van der Waals surface area contributed by atoms with Crippen molar-refractivity contribution in [1.29, 1.82) is 0 Å². The van der Waals surface area contributed by atoms with Gasteiger partial charge in [0.2, 0.25) is 0 Å². The van der Waals surface area contributed by atoms with Gasteiger partial charge in [0, 0.05) is 17.1 Å². The second-order valence-electron chi connectivity index (χ2n) is 4.98. The van der Waals surface area contributed by atoms with Crippen molar-refractivity contribution in [2.75, 3.05) is 13.7 Å². The van der Waals surface area contributed by atoms with Crippen LogP contribution in [0.25, 0.3) is 0 Å². The first kappa shape index (κ1) is 20.5. The largest absolute Gasteiger partial charge is 0.496 e. The summed E-state index contributed by atoms with van der Waals surface area (Å²) in [6, 6.07) is 16.0. The number of carboxylic acid groups (broad SMARTS) is 2. The molecule has 6 nitrogen and oxygen atoms in total. The summed E-state index contributed by atoms with van der Waals surface area (Å²) in [5, 5.41) is 19.0. The van der Waals surface area contributed by atoms with Gasteiger partial charge in [0.05, 0.1) is 7.11 Å². The van der Waals surface area contributed by atoms with Crippen molar-refractivity contribution in [2.24, 2.45) is 0 Å². The zero-order valence-corrected chi connectivity index (χ0v) is 14.5. The van der Waals surface area contributed by atoms with Gasteiger partial charge in [-0.2, -0.15) is 0 Å². The number of benzene rings is 2. The number of carboxylic acids is 2. The smallest absolute Gasteiger partial charge is 0.414 e. The predicted molar refractivity (Wildman–Crippen MR) is 95.1 cm³/mol. The summed E-state index contributed by atoms with van der Waals surface area (Å²) in [6.45, 7) is 1.75. The highest BCUT2D eigenvalue weighted by Crippen LogP contribution is 2.16. The summed E-state index contributed by atoms with van der Waals surface area (Å²) in [5.41, 5.74) is 2.47. The lowest BCUT2D eigenvalue weighted by molar-refractivity contribution is -0.159. The SMILES string of the molecule is COc1ccccc1CNCCc1ccc(Cl)cc1.O=C(O)C(=O)O. The molecule has 3 N–H and O–H groups in total. The number of hydrogen-bond acceptors (Lipinski definition) is 4. The van der Waals surface area contributed by atoms with Gasteiger partial charge in [0.1, 0.15) is 5.75 Å².